The van der Waals surface area contributed by atoms with Crippen molar-refractivity contribution in [2.24, 2.45) is 0 Å². The van der Waals surface area contributed by atoms with Crippen LogP contribution in [0.4, 0.5) is 0 Å². The number of benzene rings is 1. The zero-order valence-corrected chi connectivity index (χ0v) is 15.2. The van der Waals surface area contributed by atoms with Gasteiger partial charge in [-0.3, -0.25) is 0 Å². The zero-order chi connectivity index (χ0) is 15.5. The lowest BCUT2D eigenvalue weighted by atomic mass is 9.95. The number of thioether (sulfide) groups is 1. The molecule has 1 aromatic carbocycles. The molecule has 1 atom stereocenters. The molecule has 1 aromatic heterocycles. The number of nitrogens with one attached hydrogen (secondary N) is 1. The molecule has 114 valence electrons. The average Bonchev–Trinajstić information content (AvgIpc) is 2.94. The van der Waals surface area contributed by atoms with Gasteiger partial charge in [0.05, 0.1) is 6.04 Å². The molecule has 3 heteroatoms. The van der Waals surface area contributed by atoms with Crippen molar-refractivity contribution in [1.29, 1.82) is 0 Å². The molecule has 0 amide bonds. The summed E-state index contributed by atoms with van der Waals surface area (Å²) in [5, 5.41) is 3.65. The van der Waals surface area contributed by atoms with Crippen molar-refractivity contribution in [3.8, 4) is 0 Å². The van der Waals surface area contributed by atoms with Gasteiger partial charge >= 0.3 is 0 Å². The Morgan fingerprint density at radius 2 is 1.86 bits per heavy atom. The molecular weight excluding hydrogens is 294 g/mol. The van der Waals surface area contributed by atoms with Gasteiger partial charge in [0.2, 0.25) is 0 Å². The molecule has 0 bridgehead atoms. The van der Waals surface area contributed by atoms with Crippen molar-refractivity contribution in [1.82, 2.24) is 5.32 Å². The molecule has 0 radical (unpaired) electrons. The van der Waals surface area contributed by atoms with Crippen LogP contribution in [0.2, 0.25) is 0 Å². The van der Waals surface area contributed by atoms with Crippen LogP contribution in [0.5, 0.6) is 0 Å². The largest absolute Gasteiger partial charge is 0.306 e. The summed E-state index contributed by atoms with van der Waals surface area (Å²) >= 11 is 3.75. The van der Waals surface area contributed by atoms with E-state index in [4.69, 9.17) is 0 Å². The van der Waals surface area contributed by atoms with E-state index < -0.39 is 0 Å². The van der Waals surface area contributed by atoms with Crippen LogP contribution >= 0.6 is 23.1 Å². The molecule has 1 unspecified atom stereocenters. The summed E-state index contributed by atoms with van der Waals surface area (Å²) < 4.78 is 0. The van der Waals surface area contributed by atoms with Crippen LogP contribution in [-0.2, 0) is 5.41 Å². The van der Waals surface area contributed by atoms with Gasteiger partial charge in [-0.05, 0) is 42.0 Å². The second-order valence-corrected chi connectivity index (χ2v) is 8.15. The highest BCUT2D eigenvalue weighted by molar-refractivity contribution is 7.98. The summed E-state index contributed by atoms with van der Waals surface area (Å²) in [4.78, 5) is 4.21. The molecule has 0 aliphatic rings. The van der Waals surface area contributed by atoms with Gasteiger partial charge in [0.15, 0.2) is 0 Å². The van der Waals surface area contributed by atoms with E-state index in [2.05, 4.69) is 75.7 Å². The van der Waals surface area contributed by atoms with E-state index in [-0.39, 0.29) is 5.41 Å². The lowest BCUT2D eigenvalue weighted by Gasteiger charge is -2.20. The van der Waals surface area contributed by atoms with Gasteiger partial charge in [0.1, 0.15) is 0 Å². The van der Waals surface area contributed by atoms with Gasteiger partial charge in [-0.2, -0.15) is 0 Å². The summed E-state index contributed by atoms with van der Waals surface area (Å²) in [5.41, 5.74) is 1.60. The maximum absolute atomic E-state index is 3.65. The van der Waals surface area contributed by atoms with Gasteiger partial charge in [-0.15, -0.1) is 23.1 Å². The maximum atomic E-state index is 3.65. The van der Waals surface area contributed by atoms with Gasteiger partial charge in [-0.25, -0.2) is 0 Å². The van der Waals surface area contributed by atoms with E-state index in [0.29, 0.717) is 6.04 Å². The van der Waals surface area contributed by atoms with E-state index in [1.165, 1.54) is 20.2 Å². The second kappa shape index (κ2) is 6.99. The Morgan fingerprint density at radius 1 is 1.14 bits per heavy atom. The SMILES string of the molecule is CCNC(c1ccc(C(C)(C)C)s1)c1ccccc1SC. The minimum atomic E-state index is 0.221. The fourth-order valence-corrected chi connectivity index (χ4v) is 4.18. The average molecular weight is 320 g/mol. The summed E-state index contributed by atoms with van der Waals surface area (Å²) in [6.45, 7) is 9.98. The predicted octanol–water partition coefficient (Wildman–Crippen LogP) is 5.47. The fourth-order valence-electron chi connectivity index (χ4n) is 2.38. The number of hydrogen-bond acceptors (Lipinski definition) is 3. The molecule has 1 heterocycles. The third-order valence-electron chi connectivity index (χ3n) is 3.51. The highest BCUT2D eigenvalue weighted by atomic mass is 32.2. The van der Waals surface area contributed by atoms with Crippen molar-refractivity contribution in [2.45, 2.75) is 44.0 Å². The first-order valence-electron chi connectivity index (χ1n) is 7.44. The molecule has 1 N–H and O–H groups in total. The minimum Gasteiger partial charge on any atom is -0.306 e. The van der Waals surface area contributed by atoms with E-state index in [1.807, 2.05) is 23.1 Å². The highest BCUT2D eigenvalue weighted by Gasteiger charge is 2.21. The molecule has 0 fully saturated rings. The number of thiophene rings is 1. The topological polar surface area (TPSA) is 12.0 Å². The zero-order valence-electron chi connectivity index (χ0n) is 13.6. The Morgan fingerprint density at radius 3 is 2.43 bits per heavy atom. The first-order chi connectivity index (χ1) is 9.97. The van der Waals surface area contributed by atoms with Crippen LogP contribution in [0.25, 0.3) is 0 Å². The van der Waals surface area contributed by atoms with Gasteiger partial charge < -0.3 is 5.32 Å². The van der Waals surface area contributed by atoms with Crippen LogP contribution < -0.4 is 5.32 Å². The Labute approximate surface area is 137 Å². The van der Waals surface area contributed by atoms with Gasteiger partial charge in [0.25, 0.3) is 0 Å². The Hall–Kier alpha value is -0.770. The lowest BCUT2D eigenvalue weighted by Crippen LogP contribution is -2.21. The molecule has 2 aromatic rings. The first kappa shape index (κ1) is 16.6. The molecule has 0 aliphatic carbocycles. The van der Waals surface area contributed by atoms with Crippen LogP contribution in [0.1, 0.15) is 49.1 Å². The predicted molar refractivity (Wildman–Crippen MR) is 96.8 cm³/mol. The summed E-state index contributed by atoms with van der Waals surface area (Å²) in [6, 6.07) is 13.6. The number of hydrogen-bond donors (Lipinski definition) is 1. The van der Waals surface area contributed by atoms with Crippen molar-refractivity contribution < 1.29 is 0 Å². The minimum absolute atomic E-state index is 0.221. The van der Waals surface area contributed by atoms with Gasteiger partial charge in [-0.1, -0.05) is 45.9 Å². The Balaban J connectivity index is 2.41. The van der Waals surface area contributed by atoms with Gasteiger partial charge in [0, 0.05) is 14.6 Å². The van der Waals surface area contributed by atoms with Crippen molar-refractivity contribution in [3.05, 3.63) is 51.7 Å². The highest BCUT2D eigenvalue weighted by Crippen LogP contribution is 2.37. The van der Waals surface area contributed by atoms with Crippen LogP contribution in [0, 0.1) is 0 Å². The molecule has 1 nitrogen and oxygen atoms in total. The van der Waals surface area contributed by atoms with Crippen LogP contribution in [-0.4, -0.2) is 12.8 Å². The third kappa shape index (κ3) is 3.91. The van der Waals surface area contributed by atoms with Crippen LogP contribution in [0.15, 0.2) is 41.3 Å². The van der Waals surface area contributed by atoms with E-state index in [9.17, 15) is 0 Å². The first-order valence-corrected chi connectivity index (χ1v) is 9.48. The number of rotatable bonds is 5. The second-order valence-electron chi connectivity index (χ2n) is 6.18. The molecule has 0 spiro atoms. The summed E-state index contributed by atoms with van der Waals surface area (Å²) in [7, 11) is 0. The lowest BCUT2D eigenvalue weighted by molar-refractivity contribution is 0.604. The fraction of sp³-hybridized carbons (Fsp3) is 0.444. The normalized spacial score (nSPS) is 13.4. The summed E-state index contributed by atoms with van der Waals surface area (Å²) in [6.07, 6.45) is 2.15. The van der Waals surface area contributed by atoms with Crippen molar-refractivity contribution in [3.63, 3.8) is 0 Å². The molecule has 0 saturated carbocycles. The van der Waals surface area contributed by atoms with E-state index in [1.54, 1.807) is 0 Å². The molecule has 2 rings (SSSR count). The third-order valence-corrected chi connectivity index (χ3v) is 5.90. The maximum Gasteiger partial charge on any atom is 0.0681 e. The molecule has 0 saturated heterocycles. The molecule has 21 heavy (non-hydrogen) atoms. The quantitative estimate of drug-likeness (QED) is 0.734. The standard InChI is InChI=1S/C18H25NS2/c1-6-19-17(13-9-7-8-10-14(13)20-5)15-11-12-16(21-15)18(2,3)4/h7-12,17,19H,6H2,1-5H3. The van der Waals surface area contributed by atoms with E-state index in [0.717, 1.165) is 6.54 Å². The van der Waals surface area contributed by atoms with Crippen molar-refractivity contribution >= 4 is 23.1 Å². The monoisotopic (exact) mass is 319 g/mol. The Kier molecular flexibility index (Phi) is 5.53. The van der Waals surface area contributed by atoms with E-state index >= 15 is 0 Å². The van der Waals surface area contributed by atoms with Crippen LogP contribution in [0.3, 0.4) is 0 Å². The summed E-state index contributed by atoms with van der Waals surface area (Å²) in [5.74, 6) is 0. The molecule has 0 aliphatic heterocycles. The molecular formula is C18H25NS2. The Bertz CT molecular complexity index is 581. The van der Waals surface area contributed by atoms with Crippen molar-refractivity contribution in [2.75, 3.05) is 12.8 Å². The smallest absolute Gasteiger partial charge is 0.0681 e.